The van der Waals surface area contributed by atoms with Gasteiger partial charge < -0.3 is 13.9 Å². The molecule has 0 saturated heterocycles. The van der Waals surface area contributed by atoms with Crippen LogP contribution in [-0.4, -0.2) is 24.7 Å². The van der Waals surface area contributed by atoms with Crippen molar-refractivity contribution in [3.63, 3.8) is 0 Å². The summed E-state index contributed by atoms with van der Waals surface area (Å²) >= 11 is 0. The maximum absolute atomic E-state index is 11.8. The Hall–Kier alpha value is -2.82. The number of fused-ring (bicyclic) bond motifs is 1. The molecular weight excluding hydrogens is 282 g/mol. The van der Waals surface area contributed by atoms with Crippen LogP contribution in [0.4, 0.5) is 0 Å². The van der Waals surface area contributed by atoms with Gasteiger partial charge in [0, 0.05) is 5.56 Å². The molecule has 0 unspecified atom stereocenters. The van der Waals surface area contributed by atoms with Crippen LogP contribution in [0.5, 0.6) is 5.75 Å². The summed E-state index contributed by atoms with van der Waals surface area (Å²) < 4.78 is 15.9. The van der Waals surface area contributed by atoms with E-state index in [4.69, 9.17) is 13.9 Å². The fourth-order valence-corrected chi connectivity index (χ4v) is 2.15. The highest BCUT2D eigenvalue weighted by atomic mass is 16.5. The third-order valence-corrected chi connectivity index (χ3v) is 3.22. The van der Waals surface area contributed by atoms with Crippen molar-refractivity contribution < 1.29 is 18.7 Å². The lowest BCUT2D eigenvalue weighted by Gasteiger charge is -2.00. The normalized spacial score (nSPS) is 10.6. The zero-order valence-corrected chi connectivity index (χ0v) is 12.3. The fraction of sp³-hybridized carbons (Fsp3) is 0.176. The minimum Gasteiger partial charge on any atom is -0.497 e. The van der Waals surface area contributed by atoms with Crippen molar-refractivity contribution in [1.82, 2.24) is 4.98 Å². The third-order valence-electron chi connectivity index (χ3n) is 3.22. The summed E-state index contributed by atoms with van der Waals surface area (Å²) in [6.07, 6.45) is 0. The second kappa shape index (κ2) is 5.89. The molecule has 5 heteroatoms. The molecule has 0 atom stereocenters. The SMILES string of the molecule is CCOC(=O)c1ccc2oc(-c3cccc(OC)c3)nc2c1. The maximum Gasteiger partial charge on any atom is 0.338 e. The molecule has 1 aromatic heterocycles. The molecular formula is C17H15NO4. The Morgan fingerprint density at radius 3 is 2.86 bits per heavy atom. The molecule has 3 aromatic rings. The summed E-state index contributed by atoms with van der Waals surface area (Å²) in [5, 5.41) is 0. The first kappa shape index (κ1) is 14.1. The van der Waals surface area contributed by atoms with E-state index in [9.17, 15) is 4.79 Å². The number of carbonyl (C=O) groups is 1. The van der Waals surface area contributed by atoms with Crippen molar-refractivity contribution in [3.8, 4) is 17.2 Å². The van der Waals surface area contributed by atoms with E-state index in [1.54, 1.807) is 32.2 Å². The van der Waals surface area contributed by atoms with Gasteiger partial charge in [0.1, 0.15) is 11.3 Å². The Bertz CT molecular complexity index is 822. The van der Waals surface area contributed by atoms with Gasteiger partial charge in [0.2, 0.25) is 5.89 Å². The lowest BCUT2D eigenvalue weighted by molar-refractivity contribution is 0.0526. The number of methoxy groups -OCH3 is 1. The van der Waals surface area contributed by atoms with E-state index < -0.39 is 0 Å². The van der Waals surface area contributed by atoms with Gasteiger partial charge in [-0.25, -0.2) is 9.78 Å². The highest BCUT2D eigenvalue weighted by molar-refractivity contribution is 5.93. The summed E-state index contributed by atoms with van der Waals surface area (Å²) in [4.78, 5) is 16.2. The first-order valence-corrected chi connectivity index (χ1v) is 6.93. The van der Waals surface area contributed by atoms with Crippen molar-refractivity contribution in [2.45, 2.75) is 6.92 Å². The summed E-state index contributed by atoms with van der Waals surface area (Å²) in [5.74, 6) is 0.845. The van der Waals surface area contributed by atoms with E-state index in [-0.39, 0.29) is 5.97 Å². The predicted octanol–water partition coefficient (Wildman–Crippen LogP) is 3.68. The molecule has 0 amide bonds. The van der Waals surface area contributed by atoms with Gasteiger partial charge >= 0.3 is 5.97 Å². The van der Waals surface area contributed by atoms with E-state index in [0.717, 1.165) is 11.3 Å². The number of nitrogens with zero attached hydrogens (tertiary/aromatic N) is 1. The molecule has 0 aliphatic carbocycles. The number of ether oxygens (including phenoxy) is 2. The largest absolute Gasteiger partial charge is 0.497 e. The van der Waals surface area contributed by atoms with Gasteiger partial charge in [-0.2, -0.15) is 0 Å². The summed E-state index contributed by atoms with van der Waals surface area (Å²) in [6.45, 7) is 2.11. The van der Waals surface area contributed by atoms with Crippen molar-refractivity contribution in [2.75, 3.05) is 13.7 Å². The van der Waals surface area contributed by atoms with Crippen LogP contribution in [0.2, 0.25) is 0 Å². The molecule has 0 fully saturated rings. The van der Waals surface area contributed by atoms with E-state index in [1.807, 2.05) is 24.3 Å². The fourth-order valence-electron chi connectivity index (χ4n) is 2.15. The Morgan fingerprint density at radius 2 is 2.09 bits per heavy atom. The highest BCUT2D eigenvalue weighted by Crippen LogP contribution is 2.27. The summed E-state index contributed by atoms with van der Waals surface area (Å²) in [5.41, 5.74) is 2.50. The molecule has 1 heterocycles. The molecule has 0 radical (unpaired) electrons. The van der Waals surface area contributed by atoms with E-state index in [0.29, 0.717) is 29.2 Å². The van der Waals surface area contributed by atoms with Crippen molar-refractivity contribution in [1.29, 1.82) is 0 Å². The van der Waals surface area contributed by atoms with Crippen LogP contribution >= 0.6 is 0 Å². The second-order valence-electron chi connectivity index (χ2n) is 4.65. The molecule has 0 spiro atoms. The van der Waals surface area contributed by atoms with Crippen LogP contribution < -0.4 is 4.74 Å². The number of hydrogen-bond donors (Lipinski definition) is 0. The predicted molar refractivity (Wildman–Crippen MR) is 82.0 cm³/mol. The molecule has 0 bridgehead atoms. The summed E-state index contributed by atoms with van der Waals surface area (Å²) in [7, 11) is 1.61. The Kier molecular flexibility index (Phi) is 3.78. The molecule has 22 heavy (non-hydrogen) atoms. The van der Waals surface area contributed by atoms with Crippen molar-refractivity contribution in [2.24, 2.45) is 0 Å². The molecule has 0 saturated carbocycles. The van der Waals surface area contributed by atoms with Gasteiger partial charge in [-0.05, 0) is 43.3 Å². The topological polar surface area (TPSA) is 61.6 Å². The zero-order valence-electron chi connectivity index (χ0n) is 12.3. The number of rotatable bonds is 4. The second-order valence-corrected chi connectivity index (χ2v) is 4.65. The molecule has 0 N–H and O–H groups in total. The molecule has 5 nitrogen and oxygen atoms in total. The average molecular weight is 297 g/mol. The van der Waals surface area contributed by atoms with Gasteiger partial charge in [0.25, 0.3) is 0 Å². The van der Waals surface area contributed by atoms with Crippen molar-refractivity contribution in [3.05, 3.63) is 48.0 Å². The standard InChI is InChI=1S/C17H15NO4/c1-3-21-17(19)12-7-8-15-14(10-12)18-16(22-15)11-5-4-6-13(9-11)20-2/h4-10H,3H2,1-2H3. The quantitative estimate of drug-likeness (QED) is 0.687. The van der Waals surface area contributed by atoms with Crippen LogP contribution in [-0.2, 0) is 4.74 Å². The number of oxazole rings is 1. The third kappa shape index (κ3) is 2.65. The van der Waals surface area contributed by atoms with E-state index >= 15 is 0 Å². The van der Waals surface area contributed by atoms with Crippen molar-refractivity contribution >= 4 is 17.1 Å². The number of hydrogen-bond acceptors (Lipinski definition) is 5. The molecule has 3 rings (SSSR count). The van der Waals surface area contributed by atoms with Gasteiger partial charge in [0.15, 0.2) is 5.58 Å². The van der Waals surface area contributed by atoms with Crippen LogP contribution in [0.3, 0.4) is 0 Å². The number of esters is 1. The molecule has 2 aromatic carbocycles. The van der Waals surface area contributed by atoms with Gasteiger partial charge in [0.05, 0.1) is 19.3 Å². The minimum absolute atomic E-state index is 0.338. The summed E-state index contributed by atoms with van der Waals surface area (Å²) in [6, 6.07) is 12.5. The number of aromatic nitrogens is 1. The Labute approximate surface area is 127 Å². The Morgan fingerprint density at radius 1 is 1.23 bits per heavy atom. The van der Waals surface area contributed by atoms with Crippen LogP contribution in [0.15, 0.2) is 46.9 Å². The number of benzene rings is 2. The van der Waals surface area contributed by atoms with Gasteiger partial charge in [-0.15, -0.1) is 0 Å². The monoisotopic (exact) mass is 297 g/mol. The first-order valence-electron chi connectivity index (χ1n) is 6.93. The Balaban J connectivity index is 2.00. The smallest absolute Gasteiger partial charge is 0.338 e. The van der Waals surface area contributed by atoms with E-state index in [2.05, 4.69) is 4.98 Å². The van der Waals surface area contributed by atoms with Gasteiger partial charge in [-0.3, -0.25) is 0 Å². The molecule has 0 aliphatic rings. The van der Waals surface area contributed by atoms with Crippen LogP contribution in [0.1, 0.15) is 17.3 Å². The zero-order chi connectivity index (χ0) is 15.5. The lowest BCUT2D eigenvalue weighted by Crippen LogP contribution is -2.03. The first-order chi connectivity index (χ1) is 10.7. The number of carbonyl (C=O) groups excluding carboxylic acids is 1. The average Bonchev–Trinajstić information content (AvgIpc) is 2.98. The highest BCUT2D eigenvalue weighted by Gasteiger charge is 2.12. The van der Waals surface area contributed by atoms with E-state index in [1.165, 1.54) is 0 Å². The molecule has 112 valence electrons. The maximum atomic E-state index is 11.8. The minimum atomic E-state index is -0.365. The molecule has 0 aliphatic heterocycles. The van der Waals surface area contributed by atoms with Gasteiger partial charge in [-0.1, -0.05) is 6.07 Å². The van der Waals surface area contributed by atoms with Crippen LogP contribution in [0, 0.1) is 0 Å². The lowest BCUT2D eigenvalue weighted by atomic mass is 10.2. The van der Waals surface area contributed by atoms with Crippen LogP contribution in [0.25, 0.3) is 22.6 Å².